The fourth-order valence-corrected chi connectivity index (χ4v) is 14.7. The van der Waals surface area contributed by atoms with Gasteiger partial charge in [0.05, 0.1) is 70.0 Å². The number of ether oxygens (including phenoxy) is 4. The Labute approximate surface area is 558 Å². The maximum absolute atomic E-state index is 16.9. The molecule has 3 aliphatic rings. The fraction of sp³-hybridized carbons (Fsp3) is 0.608. The molecule has 10 atom stereocenters. The van der Waals surface area contributed by atoms with Crippen molar-refractivity contribution in [3.8, 4) is 0 Å². The number of amides is 4. The largest absolute Gasteiger partial charge is 1.00 e. The van der Waals surface area contributed by atoms with Gasteiger partial charge in [-0.15, -0.1) is 0 Å². The summed E-state index contributed by atoms with van der Waals surface area (Å²) >= 11 is 6.20. The molecule has 1 aromatic carbocycles. The maximum Gasteiger partial charge on any atom is 1.00 e. The third-order valence-electron chi connectivity index (χ3n) is 15.3. The van der Waals surface area contributed by atoms with Crippen LogP contribution in [0.2, 0.25) is 43.8 Å². The first-order valence-corrected chi connectivity index (χ1v) is 38.6. The van der Waals surface area contributed by atoms with Crippen LogP contribution in [0.1, 0.15) is 63.4 Å². The minimum atomic E-state index is -5.91. The number of alkyl carbamates (subject to hydrolysis) is 1. The molecule has 37 heteroatoms. The van der Waals surface area contributed by atoms with Crippen LogP contribution >= 0.6 is 14.3 Å². The summed E-state index contributed by atoms with van der Waals surface area (Å²) in [5.74, 6) is -1.38. The molecule has 4 amide bonds. The van der Waals surface area contributed by atoms with Crippen LogP contribution in [0.5, 0.6) is 0 Å². The molecule has 5 aromatic rings. The van der Waals surface area contributed by atoms with Gasteiger partial charge in [-0.25, -0.2) is 34.1 Å². The molecule has 0 radical (unpaired) electrons. The molecule has 0 spiro atoms. The van der Waals surface area contributed by atoms with Gasteiger partial charge in [0.1, 0.15) is 44.2 Å². The van der Waals surface area contributed by atoms with E-state index in [1.807, 2.05) is 33.9 Å². The van der Waals surface area contributed by atoms with Crippen LogP contribution in [0.15, 0.2) is 60.4 Å². The van der Waals surface area contributed by atoms with Crippen molar-refractivity contribution in [3.63, 3.8) is 0 Å². The zero-order valence-corrected chi connectivity index (χ0v) is 59.7. The van der Waals surface area contributed by atoms with Crippen molar-refractivity contribution in [3.05, 3.63) is 71.6 Å². The van der Waals surface area contributed by atoms with Crippen LogP contribution in [0.25, 0.3) is 22.3 Å². The number of carbonyl (C=O) groups excluding carboxylic acids is 4. The summed E-state index contributed by atoms with van der Waals surface area (Å²) in [6, 6.07) is 8.45. The Kier molecular flexibility index (Phi) is 26.0. The van der Waals surface area contributed by atoms with Crippen LogP contribution < -0.4 is 90.4 Å². The average molecular weight is 1340 g/mol. The number of nitrogens with one attached hydrogen (secondary N) is 3. The summed E-state index contributed by atoms with van der Waals surface area (Å²) in [6.07, 6.45) is -6.29. The number of alkyl halides is 1. The zero-order chi connectivity index (χ0) is 62.5. The molecule has 29 nitrogen and oxygen atoms in total. The molecule has 4 N–H and O–H groups in total. The van der Waals surface area contributed by atoms with Crippen molar-refractivity contribution < 1.29 is 139 Å². The number of rotatable bonds is 26. The first-order chi connectivity index (χ1) is 40.5. The number of likely N-dealkylation sites (tertiary alicyclic amines) is 1. The Bertz CT molecular complexity index is 3400. The van der Waals surface area contributed by atoms with Crippen molar-refractivity contribution >= 4 is 94.5 Å². The molecule has 88 heavy (non-hydrogen) atoms. The molecule has 3 fully saturated rings. The number of hydrogen-bond donors (Lipinski definition) is 4. The minimum absolute atomic E-state index is 0. The van der Waals surface area contributed by atoms with Gasteiger partial charge in [0.2, 0.25) is 11.8 Å². The van der Waals surface area contributed by atoms with E-state index in [-0.39, 0.29) is 133 Å². The van der Waals surface area contributed by atoms with Crippen molar-refractivity contribution in [1.29, 1.82) is 0 Å². The van der Waals surface area contributed by atoms with E-state index in [9.17, 15) is 43.4 Å². The van der Waals surface area contributed by atoms with Crippen LogP contribution in [-0.2, 0) is 69.5 Å². The average Bonchev–Trinajstić information content (AvgIpc) is 1.63. The van der Waals surface area contributed by atoms with Crippen LogP contribution in [0.4, 0.5) is 15.0 Å². The van der Waals surface area contributed by atoms with Gasteiger partial charge in [-0.1, -0.05) is 66.2 Å². The molecule has 8 rings (SSSR count). The molecular weight excluding hydrogens is 1270 g/mol. The SMILES string of the molecule is CC(=O)N1CCC[C@@H]1CO[P@@](=S)(OC[C@H]1O[C@@H](n2cnc3c(NC(=O)c4ccccc4)ncnc32)[C@@H](F)[C@@H]1P(=O)([O-])[O-])O[C@@H]1[C@H](O[Si](C)(C)C(C)(C)C)[C@@H](CO)O[C@H]1n1cnc2c(=O)n(CCOCNC(=O)CNC(=O)OCC[Si](C)(C)C)cnc21.[Na+].[Na+]. The van der Waals surface area contributed by atoms with E-state index in [0.717, 1.165) is 23.3 Å². The number of imidazole rings is 2. The third kappa shape index (κ3) is 18.1. The Morgan fingerprint density at radius 1 is 0.875 bits per heavy atom. The number of carbonyl (C=O) groups is 4. The van der Waals surface area contributed by atoms with E-state index in [1.54, 1.807) is 35.2 Å². The Hall–Kier alpha value is -3.36. The van der Waals surface area contributed by atoms with E-state index >= 15 is 4.39 Å². The first-order valence-electron chi connectivity index (χ1n) is 27.8. The molecule has 0 saturated carbocycles. The molecular formula is C51H73FN12Na2O17P2SSi2. The number of benzene rings is 1. The van der Waals surface area contributed by atoms with E-state index in [0.29, 0.717) is 24.9 Å². The summed E-state index contributed by atoms with van der Waals surface area (Å²) in [5.41, 5.74) is -2.91. The molecule has 7 heterocycles. The molecule has 0 bridgehead atoms. The topological polar surface area (TPSA) is 361 Å². The van der Waals surface area contributed by atoms with Gasteiger partial charge >= 0.3 is 71.9 Å². The second-order valence-corrected chi connectivity index (χ2v) is 38.7. The number of halogens is 1. The summed E-state index contributed by atoms with van der Waals surface area (Å²) < 4.78 is 83.6. The standard InChI is InChI=1S/C51H75FN12O17P2SSi2.2Na/c1-31(66)62-17-13-16-33(62)24-76-83(84,77-25-35-42(82(71,72)73)37(52)48(79-35)63-28-56-38-43(54-26-55-44(38)63)60-46(68)32-14-11-10-12-15-32)80-41-40(81-86(8,9)51(2,3)4)34(23-65)78-49(41)64-29-57-39-45(64)58-27-61(47(39)69)18-19-74-30-59-36(67)22-53-50(70)75-20-21-85(5,6)7;;/h10-12,14-15,26-29,33-35,37,40-42,48-49,65H,13,16-25,30H2,1-9H3,(H,53,70)(H,59,67)(H2,71,72,73)(H,54,55,60,68);;/q;2*+1/p-2/t33-,34-,35-,37+,40-,41-,42-,48-,49-,83-;;/m1../s1. The predicted molar refractivity (Wildman–Crippen MR) is 313 cm³/mol. The molecule has 4 aromatic heterocycles. The predicted octanol–water partition coefficient (Wildman–Crippen LogP) is -2.70. The van der Waals surface area contributed by atoms with E-state index in [2.05, 4.69) is 60.5 Å². The number of anilines is 1. The third-order valence-corrected chi connectivity index (χ3v) is 25.1. The van der Waals surface area contributed by atoms with Gasteiger partial charge in [-0.2, -0.15) is 0 Å². The van der Waals surface area contributed by atoms with Gasteiger partial charge in [0.15, 0.2) is 55.1 Å². The number of fused-ring (bicyclic) bond motifs is 2. The zero-order valence-electron chi connectivity index (χ0n) is 51.1. The minimum Gasteiger partial charge on any atom is -0.810 e. The van der Waals surface area contributed by atoms with Gasteiger partial charge < -0.3 is 72.7 Å². The summed E-state index contributed by atoms with van der Waals surface area (Å²) in [5, 5.41) is 18.1. The monoisotopic (exact) mass is 1340 g/mol. The summed E-state index contributed by atoms with van der Waals surface area (Å²) in [6.45, 7) is 11.5. The smallest absolute Gasteiger partial charge is 0.810 e. The summed E-state index contributed by atoms with van der Waals surface area (Å²) in [4.78, 5) is 114. The molecule has 3 saturated heterocycles. The number of hydrogen-bond acceptors (Lipinski definition) is 23. The summed E-state index contributed by atoms with van der Waals surface area (Å²) in [7, 11) is -10.2. The van der Waals surface area contributed by atoms with E-state index in [1.165, 1.54) is 28.7 Å². The van der Waals surface area contributed by atoms with Crippen molar-refractivity contribution in [2.24, 2.45) is 0 Å². The fourth-order valence-electron chi connectivity index (χ4n) is 9.58. The first kappa shape index (κ1) is 73.7. The number of aromatic nitrogens is 8. The normalized spacial score (nSPS) is 23.1. The molecule has 0 aliphatic carbocycles. The molecule has 0 unspecified atom stereocenters. The Morgan fingerprint density at radius 2 is 1.53 bits per heavy atom. The van der Waals surface area contributed by atoms with Crippen molar-refractivity contribution in [2.45, 2.75) is 146 Å². The van der Waals surface area contributed by atoms with Gasteiger partial charge in [-0.05, 0) is 61.0 Å². The quantitative estimate of drug-likeness (QED) is 0.0189. The van der Waals surface area contributed by atoms with Crippen LogP contribution in [0.3, 0.4) is 0 Å². The maximum atomic E-state index is 16.9. The Morgan fingerprint density at radius 3 is 2.19 bits per heavy atom. The number of aliphatic hydroxyl groups excluding tert-OH is 1. The van der Waals surface area contributed by atoms with Gasteiger partial charge in [0, 0.05) is 27.1 Å². The van der Waals surface area contributed by atoms with Gasteiger partial charge in [0.25, 0.3) is 11.5 Å². The Balaban J connectivity index is 0.00000618. The van der Waals surface area contributed by atoms with Crippen LogP contribution in [-0.4, -0.2) is 184 Å². The van der Waals surface area contributed by atoms with Gasteiger partial charge in [-0.3, -0.25) is 37.4 Å². The van der Waals surface area contributed by atoms with E-state index in [4.69, 9.17) is 48.8 Å². The van der Waals surface area contributed by atoms with Crippen LogP contribution in [0, 0.1) is 0 Å². The van der Waals surface area contributed by atoms with Crippen molar-refractivity contribution in [2.75, 3.05) is 58.2 Å². The molecule has 472 valence electrons. The van der Waals surface area contributed by atoms with E-state index < -0.39 is 127 Å². The second kappa shape index (κ2) is 31.0. The second-order valence-electron chi connectivity index (χ2n) is 23.6. The number of aliphatic hydroxyl groups is 1. The number of nitrogens with zero attached hydrogens (tertiary/aromatic N) is 9. The molecule has 3 aliphatic heterocycles. The van der Waals surface area contributed by atoms with Crippen molar-refractivity contribution in [1.82, 2.24) is 54.2 Å².